The van der Waals surface area contributed by atoms with Gasteiger partial charge in [0.25, 0.3) is 5.91 Å². The highest BCUT2D eigenvalue weighted by molar-refractivity contribution is 6.67. The van der Waals surface area contributed by atoms with Crippen molar-refractivity contribution < 1.29 is 25.2 Å². The first-order valence-corrected chi connectivity index (χ1v) is 7.17. The van der Waals surface area contributed by atoms with E-state index in [-0.39, 0.29) is 28.6 Å². The quantitative estimate of drug-likeness (QED) is 0.210. The maximum atomic E-state index is 12.3. The zero-order chi connectivity index (χ0) is 18.2. The Balaban J connectivity index is 2.14. The Morgan fingerprint density at radius 1 is 1.24 bits per heavy atom. The predicted molar refractivity (Wildman–Crippen MR) is 92.7 cm³/mol. The van der Waals surface area contributed by atoms with Gasteiger partial charge in [0.05, 0.1) is 5.69 Å². The summed E-state index contributed by atoms with van der Waals surface area (Å²) in [6.45, 7) is 1.54. The second-order valence-corrected chi connectivity index (χ2v) is 4.93. The number of hydrazone groups is 1. The molecule has 2 rings (SSSR count). The van der Waals surface area contributed by atoms with Crippen molar-refractivity contribution in [3.8, 4) is 11.5 Å². The van der Waals surface area contributed by atoms with Crippen molar-refractivity contribution in [3.63, 3.8) is 0 Å². The Morgan fingerprint density at radius 2 is 1.96 bits per heavy atom. The standard InChI is InChI=1S/C16H17N5O4/c1-10(17)15(16(23)19-11-5-3-2-4-6-11)21-20-13-8-7-12(24-25-18)9-14(13)22/h2-9,17,20,22H,18H2,1H3,(H,19,23)/p+1. The molecule has 0 bridgehead atoms. The summed E-state index contributed by atoms with van der Waals surface area (Å²) in [6, 6.07) is 13.1. The number of hydrogen-bond acceptors (Lipinski definition) is 7. The highest BCUT2D eigenvalue weighted by Gasteiger charge is 2.18. The number of para-hydroxylation sites is 1. The van der Waals surface area contributed by atoms with Gasteiger partial charge in [-0.2, -0.15) is 11.0 Å². The van der Waals surface area contributed by atoms with E-state index in [0.29, 0.717) is 5.69 Å². The van der Waals surface area contributed by atoms with E-state index in [1.54, 1.807) is 31.2 Å². The molecule has 25 heavy (non-hydrogen) atoms. The number of rotatable bonds is 7. The Hall–Kier alpha value is -3.43. The van der Waals surface area contributed by atoms with Crippen molar-refractivity contribution in [1.82, 2.24) is 0 Å². The third kappa shape index (κ3) is 5.03. The number of phenolic OH excluding ortho intramolecular Hbond substituents is 1. The van der Waals surface area contributed by atoms with E-state index in [1.165, 1.54) is 18.2 Å². The first-order chi connectivity index (χ1) is 12.0. The molecule has 0 aliphatic rings. The molecule has 0 fully saturated rings. The molecule has 0 aliphatic carbocycles. The predicted octanol–water partition coefficient (Wildman–Crippen LogP) is 0.203. The van der Waals surface area contributed by atoms with E-state index >= 15 is 0 Å². The van der Waals surface area contributed by atoms with Gasteiger partial charge in [0.1, 0.15) is 5.75 Å². The van der Waals surface area contributed by atoms with Crippen LogP contribution in [0.2, 0.25) is 0 Å². The average molecular weight is 344 g/mol. The number of aromatic hydroxyl groups is 1. The fourth-order valence-corrected chi connectivity index (χ4v) is 1.86. The van der Waals surface area contributed by atoms with Crippen LogP contribution in [0.15, 0.2) is 53.6 Å². The summed E-state index contributed by atoms with van der Waals surface area (Å²) in [6.07, 6.45) is 0. The average Bonchev–Trinajstić information content (AvgIpc) is 2.57. The van der Waals surface area contributed by atoms with Crippen molar-refractivity contribution in [2.75, 3.05) is 10.7 Å². The molecule has 0 spiro atoms. The second-order valence-electron chi connectivity index (χ2n) is 4.93. The molecule has 7 N–H and O–H groups in total. The first kappa shape index (κ1) is 17.9. The molecule has 1 amide bonds. The molecule has 2 aromatic rings. The van der Waals surface area contributed by atoms with E-state index in [2.05, 4.69) is 25.7 Å². The molecule has 130 valence electrons. The minimum absolute atomic E-state index is 0.0196. The van der Waals surface area contributed by atoms with Crippen LogP contribution in [0.5, 0.6) is 11.5 Å². The zero-order valence-corrected chi connectivity index (χ0v) is 13.4. The van der Waals surface area contributed by atoms with Crippen LogP contribution in [-0.2, 0) is 9.78 Å². The van der Waals surface area contributed by atoms with Gasteiger partial charge in [0.2, 0.25) is 11.4 Å². The molecule has 9 heteroatoms. The smallest absolute Gasteiger partial charge is 0.282 e. The molecule has 0 aliphatic heterocycles. The second kappa shape index (κ2) is 8.43. The lowest BCUT2D eigenvalue weighted by molar-refractivity contribution is -0.211. The molecule has 0 saturated carbocycles. The zero-order valence-electron chi connectivity index (χ0n) is 13.4. The SMILES string of the molecule is CC(=[NH2+])C(=NNc1ccc(OON)cc1O)C(=O)Nc1ccccc1. The van der Waals surface area contributed by atoms with Gasteiger partial charge in [-0.05, 0) is 24.3 Å². The summed E-state index contributed by atoms with van der Waals surface area (Å²) in [4.78, 5) is 20.9. The topological polar surface area (TPSA) is 144 Å². The molecule has 0 heterocycles. The summed E-state index contributed by atoms with van der Waals surface area (Å²) >= 11 is 0. The van der Waals surface area contributed by atoms with Crippen molar-refractivity contribution in [3.05, 3.63) is 48.5 Å². The van der Waals surface area contributed by atoms with Crippen LogP contribution in [-0.4, -0.2) is 22.4 Å². The van der Waals surface area contributed by atoms with Crippen molar-refractivity contribution in [2.45, 2.75) is 6.92 Å². The number of nitrogens with one attached hydrogen (secondary N) is 2. The fraction of sp³-hybridized carbons (Fsp3) is 0.0625. The minimum atomic E-state index is -0.491. The van der Waals surface area contributed by atoms with Gasteiger partial charge in [-0.1, -0.05) is 23.2 Å². The number of anilines is 2. The summed E-state index contributed by atoms with van der Waals surface area (Å²) in [5.74, 6) is 4.29. The van der Waals surface area contributed by atoms with Gasteiger partial charge in [-0.3, -0.25) is 15.6 Å². The largest absolute Gasteiger partial charge is 0.506 e. The van der Waals surface area contributed by atoms with E-state index in [1.807, 2.05) is 6.07 Å². The van der Waals surface area contributed by atoms with Crippen molar-refractivity contribution in [1.29, 1.82) is 0 Å². The van der Waals surface area contributed by atoms with Crippen LogP contribution >= 0.6 is 0 Å². The van der Waals surface area contributed by atoms with Gasteiger partial charge >= 0.3 is 0 Å². The van der Waals surface area contributed by atoms with Crippen LogP contribution < -0.4 is 26.9 Å². The van der Waals surface area contributed by atoms with Gasteiger partial charge < -0.3 is 15.3 Å². The van der Waals surface area contributed by atoms with Crippen LogP contribution in [0.25, 0.3) is 0 Å². The summed E-state index contributed by atoms with van der Waals surface area (Å²) in [5.41, 5.74) is 3.60. The number of hydrogen-bond donors (Lipinski definition) is 5. The molecule has 0 radical (unpaired) electrons. The van der Waals surface area contributed by atoms with E-state index < -0.39 is 5.91 Å². The van der Waals surface area contributed by atoms with Gasteiger partial charge in [-0.15, -0.1) is 0 Å². The normalized spacial score (nSPS) is 10.9. The van der Waals surface area contributed by atoms with E-state index in [4.69, 9.17) is 11.3 Å². The monoisotopic (exact) mass is 344 g/mol. The Labute approximate surface area is 143 Å². The maximum absolute atomic E-state index is 12.3. The van der Waals surface area contributed by atoms with E-state index in [0.717, 1.165) is 0 Å². The van der Waals surface area contributed by atoms with Crippen LogP contribution in [0.1, 0.15) is 6.92 Å². The maximum Gasteiger partial charge on any atom is 0.282 e. The first-order valence-electron chi connectivity index (χ1n) is 7.17. The third-order valence-electron chi connectivity index (χ3n) is 3.02. The molecular formula is C16H18N5O4+. The molecule has 9 nitrogen and oxygen atoms in total. The van der Waals surface area contributed by atoms with Crippen LogP contribution in [0, 0.1) is 0 Å². The van der Waals surface area contributed by atoms with Gasteiger partial charge in [0.15, 0.2) is 5.75 Å². The minimum Gasteiger partial charge on any atom is -0.506 e. The lowest BCUT2D eigenvalue weighted by atomic mass is 10.2. The number of nitrogens with zero attached hydrogens (tertiary/aromatic N) is 1. The molecular weight excluding hydrogens is 326 g/mol. The van der Waals surface area contributed by atoms with E-state index in [9.17, 15) is 9.90 Å². The number of benzene rings is 2. The summed E-state index contributed by atoms with van der Waals surface area (Å²) < 4.78 is 0. The van der Waals surface area contributed by atoms with Crippen molar-refractivity contribution >= 4 is 28.7 Å². The molecule has 0 unspecified atom stereocenters. The van der Waals surface area contributed by atoms with Gasteiger partial charge in [0, 0.05) is 18.7 Å². The summed E-state index contributed by atoms with van der Waals surface area (Å²) in [5, 5.41) is 22.3. The fourth-order valence-electron chi connectivity index (χ4n) is 1.86. The number of phenols is 1. The van der Waals surface area contributed by atoms with Crippen LogP contribution in [0.3, 0.4) is 0 Å². The molecule has 0 saturated heterocycles. The lowest BCUT2D eigenvalue weighted by Gasteiger charge is -2.08. The number of carbonyl (C=O) groups excluding carboxylic acids is 1. The molecule has 0 aromatic heterocycles. The Kier molecular flexibility index (Phi) is 6.04. The Morgan fingerprint density at radius 3 is 2.56 bits per heavy atom. The Bertz CT molecular complexity index is 792. The third-order valence-corrected chi connectivity index (χ3v) is 3.02. The highest BCUT2D eigenvalue weighted by atomic mass is 17.3. The lowest BCUT2D eigenvalue weighted by Crippen LogP contribution is -2.47. The highest BCUT2D eigenvalue weighted by Crippen LogP contribution is 2.28. The number of amides is 1. The van der Waals surface area contributed by atoms with Gasteiger partial charge in [-0.25, -0.2) is 0 Å². The number of carbonyl (C=O) groups is 1. The molecule has 2 aromatic carbocycles. The number of nitrogens with two attached hydrogens (primary N) is 2. The molecule has 0 atom stereocenters. The summed E-state index contributed by atoms with van der Waals surface area (Å²) in [7, 11) is 0. The van der Waals surface area contributed by atoms with Crippen LogP contribution in [0.4, 0.5) is 11.4 Å². The van der Waals surface area contributed by atoms with Crippen molar-refractivity contribution in [2.24, 2.45) is 11.0 Å².